The van der Waals surface area contributed by atoms with Crippen molar-refractivity contribution in [3.8, 4) is 0 Å². The Balaban J connectivity index is 2.36. The summed E-state index contributed by atoms with van der Waals surface area (Å²) in [4.78, 5) is 12.2. The van der Waals surface area contributed by atoms with Crippen molar-refractivity contribution in [1.82, 2.24) is 9.78 Å². The number of nitrogens with zero attached hydrogens (tertiary/aromatic N) is 2. The van der Waals surface area contributed by atoms with Gasteiger partial charge in [-0.3, -0.25) is 4.68 Å². The third-order valence-corrected chi connectivity index (χ3v) is 3.35. The van der Waals surface area contributed by atoms with E-state index in [2.05, 4.69) is 10.4 Å². The Morgan fingerprint density at radius 1 is 1.48 bits per heavy atom. The van der Waals surface area contributed by atoms with Gasteiger partial charge in [0.1, 0.15) is 0 Å². The monoisotopic (exact) mass is 287 g/mol. The fourth-order valence-electron chi connectivity index (χ4n) is 2.35. The number of benzene rings is 1. The van der Waals surface area contributed by atoms with Crippen molar-refractivity contribution < 1.29 is 9.53 Å². The third-order valence-electron chi connectivity index (χ3n) is 3.35. The largest absolute Gasteiger partial charge is 0.467 e. The van der Waals surface area contributed by atoms with Crippen LogP contribution in [0.3, 0.4) is 0 Å². The molecule has 0 aliphatic heterocycles. The quantitative estimate of drug-likeness (QED) is 0.859. The molecule has 0 bridgehead atoms. The molecule has 0 saturated heterocycles. The Kier molecular flexibility index (Phi) is 4.62. The maximum absolute atomic E-state index is 12.2. The molecule has 5 heteroatoms. The van der Waals surface area contributed by atoms with Gasteiger partial charge in [-0.1, -0.05) is 19.1 Å². The zero-order valence-corrected chi connectivity index (χ0v) is 12.9. The molecule has 0 aliphatic carbocycles. The van der Waals surface area contributed by atoms with E-state index in [0.717, 1.165) is 28.9 Å². The fraction of sp³-hybridized carbons (Fsp3) is 0.375. The van der Waals surface area contributed by atoms with Crippen LogP contribution in [0.25, 0.3) is 0 Å². The molecular formula is C16H21N3O2. The molecule has 0 radical (unpaired) electrons. The van der Waals surface area contributed by atoms with Crippen LogP contribution in [0.2, 0.25) is 0 Å². The molecular weight excluding hydrogens is 266 g/mol. The first-order valence-electron chi connectivity index (χ1n) is 6.98. The van der Waals surface area contributed by atoms with E-state index in [9.17, 15) is 4.79 Å². The van der Waals surface area contributed by atoms with Gasteiger partial charge in [0.15, 0.2) is 6.04 Å². The first-order valence-corrected chi connectivity index (χ1v) is 6.98. The normalized spacial score (nSPS) is 12.0. The van der Waals surface area contributed by atoms with Crippen LogP contribution in [-0.2, 0) is 23.0 Å². The van der Waals surface area contributed by atoms with Crippen molar-refractivity contribution in [2.24, 2.45) is 7.05 Å². The van der Waals surface area contributed by atoms with Crippen molar-refractivity contribution in [3.05, 3.63) is 47.3 Å². The van der Waals surface area contributed by atoms with E-state index in [0.29, 0.717) is 0 Å². The summed E-state index contributed by atoms with van der Waals surface area (Å²) in [7, 11) is 3.25. The Labute approximate surface area is 124 Å². The van der Waals surface area contributed by atoms with Gasteiger partial charge < -0.3 is 10.1 Å². The molecule has 2 aromatic rings. The number of ether oxygens (including phenoxy) is 1. The van der Waals surface area contributed by atoms with Crippen LogP contribution in [0, 0.1) is 6.92 Å². The molecule has 21 heavy (non-hydrogen) atoms. The number of carbonyl (C=O) groups excluding carboxylic acids is 1. The average Bonchev–Trinajstić information content (AvgIpc) is 2.85. The molecule has 0 aliphatic rings. The molecule has 1 atom stereocenters. The van der Waals surface area contributed by atoms with Gasteiger partial charge in [-0.2, -0.15) is 5.10 Å². The standard InChI is InChI=1S/C16H21N3O2/c1-5-14-13(10-19(3)18-14)15(16(20)21-4)17-12-8-6-7-11(2)9-12/h6-10,15,17H,5H2,1-4H3. The van der Waals surface area contributed by atoms with Crippen LogP contribution in [0.1, 0.15) is 29.8 Å². The van der Waals surface area contributed by atoms with Crippen LogP contribution in [0.15, 0.2) is 30.5 Å². The molecule has 1 aromatic heterocycles. The van der Waals surface area contributed by atoms with E-state index in [1.54, 1.807) is 4.68 Å². The van der Waals surface area contributed by atoms with E-state index in [-0.39, 0.29) is 5.97 Å². The van der Waals surface area contributed by atoms with Crippen molar-refractivity contribution in [3.63, 3.8) is 0 Å². The zero-order chi connectivity index (χ0) is 15.4. The highest BCUT2D eigenvalue weighted by Crippen LogP contribution is 2.24. The van der Waals surface area contributed by atoms with Gasteiger partial charge in [-0.15, -0.1) is 0 Å². The number of hydrogen-bond acceptors (Lipinski definition) is 4. The Hall–Kier alpha value is -2.30. The van der Waals surface area contributed by atoms with E-state index in [4.69, 9.17) is 4.74 Å². The lowest BCUT2D eigenvalue weighted by Crippen LogP contribution is -2.23. The molecule has 112 valence electrons. The number of rotatable bonds is 5. The second kappa shape index (κ2) is 6.43. The number of aromatic nitrogens is 2. The number of anilines is 1. The van der Waals surface area contributed by atoms with Crippen molar-refractivity contribution in [2.75, 3.05) is 12.4 Å². The molecule has 1 unspecified atom stereocenters. The van der Waals surface area contributed by atoms with Crippen LogP contribution in [-0.4, -0.2) is 22.9 Å². The minimum Gasteiger partial charge on any atom is -0.467 e. The third kappa shape index (κ3) is 3.42. The average molecular weight is 287 g/mol. The lowest BCUT2D eigenvalue weighted by molar-refractivity contribution is -0.141. The lowest BCUT2D eigenvalue weighted by atomic mass is 10.1. The summed E-state index contributed by atoms with van der Waals surface area (Å²) >= 11 is 0. The highest BCUT2D eigenvalue weighted by Gasteiger charge is 2.25. The summed E-state index contributed by atoms with van der Waals surface area (Å²) in [5.74, 6) is -0.320. The van der Waals surface area contributed by atoms with Gasteiger partial charge in [-0.05, 0) is 31.0 Å². The van der Waals surface area contributed by atoms with Crippen LogP contribution in [0.5, 0.6) is 0 Å². The summed E-state index contributed by atoms with van der Waals surface area (Å²) in [6.07, 6.45) is 2.63. The second-order valence-corrected chi connectivity index (χ2v) is 5.03. The zero-order valence-electron chi connectivity index (χ0n) is 12.9. The van der Waals surface area contributed by atoms with Gasteiger partial charge in [0.2, 0.25) is 0 Å². The van der Waals surface area contributed by atoms with E-state index < -0.39 is 6.04 Å². The molecule has 0 spiro atoms. The summed E-state index contributed by atoms with van der Waals surface area (Å²) in [5, 5.41) is 7.64. The number of methoxy groups -OCH3 is 1. The minimum atomic E-state index is -0.555. The Morgan fingerprint density at radius 2 is 2.24 bits per heavy atom. The molecule has 0 amide bonds. The first-order chi connectivity index (χ1) is 10.0. The summed E-state index contributed by atoms with van der Waals surface area (Å²) in [5.41, 5.74) is 3.77. The second-order valence-electron chi connectivity index (χ2n) is 5.03. The molecule has 0 saturated carbocycles. The number of esters is 1. The highest BCUT2D eigenvalue weighted by atomic mass is 16.5. The molecule has 1 N–H and O–H groups in total. The van der Waals surface area contributed by atoms with E-state index in [1.807, 2.05) is 51.4 Å². The minimum absolute atomic E-state index is 0.320. The van der Waals surface area contributed by atoms with Crippen molar-refractivity contribution in [2.45, 2.75) is 26.3 Å². The van der Waals surface area contributed by atoms with Crippen LogP contribution < -0.4 is 5.32 Å². The first kappa shape index (κ1) is 15.1. The van der Waals surface area contributed by atoms with Gasteiger partial charge in [0, 0.05) is 24.5 Å². The molecule has 5 nitrogen and oxygen atoms in total. The van der Waals surface area contributed by atoms with Gasteiger partial charge in [0.05, 0.1) is 12.8 Å². The van der Waals surface area contributed by atoms with Crippen molar-refractivity contribution in [1.29, 1.82) is 0 Å². The molecule has 2 rings (SSSR count). The van der Waals surface area contributed by atoms with Gasteiger partial charge in [-0.25, -0.2) is 4.79 Å². The Bertz CT molecular complexity index is 634. The summed E-state index contributed by atoms with van der Waals surface area (Å²) < 4.78 is 6.66. The number of hydrogen-bond donors (Lipinski definition) is 1. The Morgan fingerprint density at radius 3 is 2.86 bits per heavy atom. The summed E-state index contributed by atoms with van der Waals surface area (Å²) in [6, 6.07) is 7.35. The lowest BCUT2D eigenvalue weighted by Gasteiger charge is -2.18. The van der Waals surface area contributed by atoms with Gasteiger partial charge >= 0.3 is 5.97 Å². The predicted octanol–water partition coefficient (Wildman–Crippen LogP) is 2.62. The number of aryl methyl sites for hydroxylation is 3. The summed E-state index contributed by atoms with van der Waals surface area (Å²) in [6.45, 7) is 4.03. The smallest absolute Gasteiger partial charge is 0.333 e. The predicted molar refractivity (Wildman–Crippen MR) is 82.1 cm³/mol. The molecule has 1 heterocycles. The van der Waals surface area contributed by atoms with Crippen molar-refractivity contribution >= 4 is 11.7 Å². The maximum Gasteiger partial charge on any atom is 0.333 e. The van der Waals surface area contributed by atoms with E-state index in [1.165, 1.54) is 7.11 Å². The van der Waals surface area contributed by atoms with Gasteiger partial charge in [0.25, 0.3) is 0 Å². The van der Waals surface area contributed by atoms with Crippen LogP contribution in [0.4, 0.5) is 5.69 Å². The molecule has 1 aromatic carbocycles. The highest BCUT2D eigenvalue weighted by molar-refractivity contribution is 5.81. The topological polar surface area (TPSA) is 56.2 Å². The molecule has 0 fully saturated rings. The SMILES string of the molecule is CCc1nn(C)cc1C(Nc1cccc(C)c1)C(=O)OC. The fourth-order valence-corrected chi connectivity index (χ4v) is 2.35. The van der Waals surface area contributed by atoms with Crippen LogP contribution >= 0.6 is 0 Å². The maximum atomic E-state index is 12.2. The van der Waals surface area contributed by atoms with E-state index >= 15 is 0 Å². The number of nitrogens with one attached hydrogen (secondary N) is 1. The number of carbonyl (C=O) groups is 1.